The summed E-state index contributed by atoms with van der Waals surface area (Å²) in [6.45, 7) is 0. The lowest BCUT2D eigenvalue weighted by Crippen LogP contribution is -2.00. The predicted molar refractivity (Wildman–Crippen MR) is 218 cm³/mol. The summed E-state index contributed by atoms with van der Waals surface area (Å²) in [6.07, 6.45) is 0. The van der Waals surface area contributed by atoms with E-state index in [2.05, 4.69) is 156 Å². The van der Waals surface area contributed by atoms with Gasteiger partial charge in [-0.1, -0.05) is 127 Å². The summed E-state index contributed by atoms with van der Waals surface area (Å²) in [5, 5.41) is 9.59. The van der Waals surface area contributed by atoms with Crippen LogP contribution in [-0.4, -0.2) is 19.5 Å². The van der Waals surface area contributed by atoms with Crippen LogP contribution in [0.15, 0.2) is 170 Å². The molecule has 0 N–H and O–H groups in total. The molecule has 0 aliphatic carbocycles. The molecule has 0 fully saturated rings. The summed E-state index contributed by atoms with van der Waals surface area (Å²) < 4.78 is 4.84. The van der Waals surface area contributed by atoms with Gasteiger partial charge in [0.15, 0.2) is 17.5 Å². The standard InChI is InChI=1S/C47H28N4S/c1-2-13-30(14-3-1)45-48-46(36-20-10-17-29-12-6-7-18-34(29)36)50-47(49-45)37-21-11-23-43-44(37)39-28-33(24-25-42(39)52-43)51-40-22-9-8-19-35(40)38-26-31-15-4-5-16-32(31)27-41(38)51/h1-28H. The number of hydrogen-bond donors (Lipinski definition) is 0. The lowest BCUT2D eigenvalue weighted by molar-refractivity contribution is 1.08. The van der Waals surface area contributed by atoms with Gasteiger partial charge in [-0.05, 0) is 64.0 Å². The third-order valence-corrected chi connectivity index (χ3v) is 11.4. The van der Waals surface area contributed by atoms with Gasteiger partial charge in [-0.15, -0.1) is 11.3 Å². The van der Waals surface area contributed by atoms with Gasteiger partial charge in [0.05, 0.1) is 11.0 Å². The molecule has 8 aromatic carbocycles. The maximum Gasteiger partial charge on any atom is 0.164 e. The van der Waals surface area contributed by atoms with E-state index in [9.17, 15) is 0 Å². The van der Waals surface area contributed by atoms with Crippen LogP contribution in [0.1, 0.15) is 0 Å². The van der Waals surface area contributed by atoms with Gasteiger partial charge in [0.25, 0.3) is 0 Å². The van der Waals surface area contributed by atoms with Crippen molar-refractivity contribution in [2.24, 2.45) is 0 Å². The van der Waals surface area contributed by atoms with Crippen LogP contribution in [-0.2, 0) is 0 Å². The number of para-hydroxylation sites is 1. The molecule has 0 atom stereocenters. The summed E-state index contributed by atoms with van der Waals surface area (Å²) >= 11 is 1.81. The van der Waals surface area contributed by atoms with Crippen molar-refractivity contribution in [2.45, 2.75) is 0 Å². The Hall–Kier alpha value is -6.69. The summed E-state index contributed by atoms with van der Waals surface area (Å²) in [6, 6.07) is 60.3. The van der Waals surface area contributed by atoms with Crippen molar-refractivity contribution in [1.29, 1.82) is 0 Å². The van der Waals surface area contributed by atoms with Crippen molar-refractivity contribution >= 4 is 74.9 Å². The molecular weight excluding hydrogens is 653 g/mol. The topological polar surface area (TPSA) is 43.6 Å². The number of nitrogens with zero attached hydrogens (tertiary/aromatic N) is 4. The lowest BCUT2D eigenvalue weighted by atomic mass is 10.0. The van der Waals surface area contributed by atoms with Gasteiger partial charge in [0.2, 0.25) is 0 Å². The van der Waals surface area contributed by atoms with E-state index in [4.69, 9.17) is 15.0 Å². The second-order valence-electron chi connectivity index (χ2n) is 13.2. The van der Waals surface area contributed by atoms with E-state index in [0.717, 1.165) is 38.5 Å². The van der Waals surface area contributed by atoms with Crippen molar-refractivity contribution in [3.8, 4) is 39.9 Å². The molecule has 3 heterocycles. The first-order valence-electron chi connectivity index (χ1n) is 17.4. The average molecular weight is 681 g/mol. The quantitative estimate of drug-likeness (QED) is 0.186. The van der Waals surface area contributed by atoms with E-state index in [0.29, 0.717) is 17.5 Å². The Morgan fingerprint density at radius 2 is 1.04 bits per heavy atom. The number of aromatic nitrogens is 4. The molecule has 0 amide bonds. The number of hydrogen-bond acceptors (Lipinski definition) is 4. The first-order valence-corrected chi connectivity index (χ1v) is 18.3. The van der Waals surface area contributed by atoms with Crippen molar-refractivity contribution in [2.75, 3.05) is 0 Å². The van der Waals surface area contributed by atoms with Gasteiger partial charge >= 0.3 is 0 Å². The summed E-state index contributed by atoms with van der Waals surface area (Å²) in [5.74, 6) is 1.98. The normalized spacial score (nSPS) is 11.8. The van der Waals surface area contributed by atoms with Gasteiger partial charge in [-0.3, -0.25) is 0 Å². The number of rotatable bonds is 4. The van der Waals surface area contributed by atoms with Crippen molar-refractivity contribution < 1.29 is 0 Å². The monoisotopic (exact) mass is 680 g/mol. The Kier molecular flexibility index (Phi) is 6.39. The highest BCUT2D eigenvalue weighted by Gasteiger charge is 2.19. The van der Waals surface area contributed by atoms with Gasteiger partial charge < -0.3 is 4.57 Å². The summed E-state index contributed by atoms with van der Waals surface area (Å²) in [4.78, 5) is 15.5. The molecule has 0 aliphatic rings. The first-order chi connectivity index (χ1) is 25.8. The Morgan fingerprint density at radius 3 is 1.90 bits per heavy atom. The fourth-order valence-electron chi connectivity index (χ4n) is 7.83. The summed E-state index contributed by atoms with van der Waals surface area (Å²) in [7, 11) is 0. The van der Waals surface area contributed by atoms with Crippen LogP contribution in [0, 0.1) is 0 Å². The van der Waals surface area contributed by atoms with Crippen LogP contribution in [0.25, 0.3) is 103 Å². The zero-order valence-corrected chi connectivity index (χ0v) is 28.7. The minimum atomic E-state index is 0.656. The van der Waals surface area contributed by atoms with E-state index in [1.54, 1.807) is 0 Å². The Balaban J connectivity index is 1.17. The van der Waals surface area contributed by atoms with Gasteiger partial charge in [-0.2, -0.15) is 0 Å². The smallest absolute Gasteiger partial charge is 0.164 e. The molecule has 0 bridgehead atoms. The molecule has 3 aromatic heterocycles. The highest BCUT2D eigenvalue weighted by atomic mass is 32.1. The SMILES string of the molecule is c1ccc(-c2nc(-c3cccc4ccccc34)nc(-c3cccc4sc5ccc(-n6c7ccccc7c7cc8ccccc8cc76)cc5c34)n2)cc1. The van der Waals surface area contributed by atoms with Gasteiger partial charge in [-0.25, -0.2) is 15.0 Å². The van der Waals surface area contributed by atoms with Crippen molar-refractivity contribution in [3.63, 3.8) is 0 Å². The summed E-state index contributed by atoms with van der Waals surface area (Å²) in [5.41, 5.74) is 6.45. The third kappa shape index (κ3) is 4.50. The minimum Gasteiger partial charge on any atom is -0.309 e. The predicted octanol–water partition coefficient (Wildman–Crippen LogP) is 12.6. The van der Waals surface area contributed by atoms with Crippen LogP contribution in [0.2, 0.25) is 0 Å². The van der Waals surface area contributed by atoms with E-state index < -0.39 is 0 Å². The molecule has 11 rings (SSSR count). The fourth-order valence-corrected chi connectivity index (χ4v) is 8.94. The third-order valence-electron chi connectivity index (χ3n) is 10.2. The molecular formula is C47H28N4S. The second-order valence-corrected chi connectivity index (χ2v) is 14.3. The number of fused-ring (bicyclic) bond motifs is 8. The molecule has 0 saturated heterocycles. The van der Waals surface area contributed by atoms with E-state index >= 15 is 0 Å². The molecule has 52 heavy (non-hydrogen) atoms. The van der Waals surface area contributed by atoms with Crippen molar-refractivity contribution in [3.05, 3.63) is 170 Å². The fraction of sp³-hybridized carbons (Fsp3) is 0. The highest BCUT2D eigenvalue weighted by Crippen LogP contribution is 2.42. The van der Waals surface area contributed by atoms with E-state index in [1.807, 2.05) is 29.5 Å². The van der Waals surface area contributed by atoms with Crippen LogP contribution in [0.4, 0.5) is 0 Å². The zero-order chi connectivity index (χ0) is 34.2. The molecule has 0 radical (unpaired) electrons. The van der Waals surface area contributed by atoms with Crippen LogP contribution >= 0.6 is 11.3 Å². The Labute approximate surface area is 302 Å². The molecule has 0 spiro atoms. The molecule has 0 saturated carbocycles. The Morgan fingerprint density at radius 1 is 0.385 bits per heavy atom. The largest absolute Gasteiger partial charge is 0.309 e. The van der Waals surface area contributed by atoms with Gasteiger partial charge in [0.1, 0.15) is 0 Å². The van der Waals surface area contributed by atoms with E-state index in [-0.39, 0.29) is 0 Å². The first kappa shape index (κ1) is 29.1. The van der Waals surface area contributed by atoms with Crippen LogP contribution in [0.3, 0.4) is 0 Å². The molecule has 0 aliphatic heterocycles. The molecule has 242 valence electrons. The number of benzene rings is 8. The lowest BCUT2D eigenvalue weighted by Gasteiger charge is -2.11. The molecule has 11 aromatic rings. The maximum atomic E-state index is 5.25. The highest BCUT2D eigenvalue weighted by molar-refractivity contribution is 7.26. The van der Waals surface area contributed by atoms with Crippen LogP contribution in [0.5, 0.6) is 0 Å². The molecule has 5 heteroatoms. The maximum absolute atomic E-state index is 5.25. The van der Waals surface area contributed by atoms with Gasteiger partial charge in [0, 0.05) is 53.3 Å². The Bertz CT molecular complexity index is 3190. The van der Waals surface area contributed by atoms with Crippen molar-refractivity contribution in [1.82, 2.24) is 19.5 Å². The molecule has 0 unspecified atom stereocenters. The second kappa shape index (κ2) is 11.4. The zero-order valence-electron chi connectivity index (χ0n) is 27.9. The van der Waals surface area contributed by atoms with Crippen LogP contribution < -0.4 is 0 Å². The minimum absolute atomic E-state index is 0.656. The average Bonchev–Trinajstić information content (AvgIpc) is 3.75. The molecule has 4 nitrogen and oxygen atoms in total. The number of thiophene rings is 1. The van der Waals surface area contributed by atoms with E-state index in [1.165, 1.54) is 47.4 Å².